The van der Waals surface area contributed by atoms with Gasteiger partial charge in [0.15, 0.2) is 11.5 Å². The third kappa shape index (κ3) is 3.95. The lowest BCUT2D eigenvalue weighted by Crippen LogP contribution is -2.30. The maximum absolute atomic E-state index is 12.9. The summed E-state index contributed by atoms with van der Waals surface area (Å²) in [5.41, 5.74) is 1.41. The highest BCUT2D eigenvalue weighted by molar-refractivity contribution is 7.89. The van der Waals surface area contributed by atoms with Crippen LogP contribution in [0.1, 0.15) is 35.7 Å². The number of hydrogen-bond acceptors (Lipinski definition) is 5. The largest absolute Gasteiger partial charge is 0.454 e. The van der Waals surface area contributed by atoms with E-state index in [1.807, 2.05) is 25.1 Å². The van der Waals surface area contributed by atoms with Crippen LogP contribution in [0.25, 0.3) is 0 Å². The second kappa shape index (κ2) is 8.04. The topological polar surface area (TPSA) is 76.1 Å². The average molecular weight is 416 g/mol. The Hall–Kier alpha value is -2.58. The molecule has 0 N–H and O–H groups in total. The van der Waals surface area contributed by atoms with E-state index in [9.17, 15) is 13.2 Å². The molecule has 0 aliphatic carbocycles. The van der Waals surface area contributed by atoms with Gasteiger partial charge < -0.3 is 14.4 Å². The van der Waals surface area contributed by atoms with Crippen molar-refractivity contribution in [3.63, 3.8) is 0 Å². The van der Waals surface area contributed by atoms with Crippen LogP contribution >= 0.6 is 0 Å². The molecule has 8 heteroatoms. The molecule has 0 unspecified atom stereocenters. The summed E-state index contributed by atoms with van der Waals surface area (Å²) < 4.78 is 37.5. The van der Waals surface area contributed by atoms with Gasteiger partial charge in [0.2, 0.25) is 16.8 Å². The second-order valence-corrected chi connectivity index (χ2v) is 9.08. The van der Waals surface area contributed by atoms with Crippen molar-refractivity contribution in [2.45, 2.75) is 31.2 Å². The first-order valence-corrected chi connectivity index (χ1v) is 11.2. The molecule has 1 saturated heterocycles. The number of ether oxygens (including phenoxy) is 2. The third-order valence-electron chi connectivity index (χ3n) is 5.28. The Kier molecular flexibility index (Phi) is 5.47. The smallest absolute Gasteiger partial charge is 0.254 e. The summed E-state index contributed by atoms with van der Waals surface area (Å²) in [6, 6.07) is 11.9. The van der Waals surface area contributed by atoms with Gasteiger partial charge in [-0.25, -0.2) is 8.42 Å². The third-order valence-corrected chi connectivity index (χ3v) is 7.20. The van der Waals surface area contributed by atoms with Crippen molar-refractivity contribution in [2.24, 2.45) is 0 Å². The molecule has 4 rings (SSSR count). The number of carbonyl (C=O) groups excluding carboxylic acids is 1. The molecule has 0 atom stereocenters. The molecule has 2 aliphatic rings. The Bertz CT molecular complexity index is 998. The van der Waals surface area contributed by atoms with Crippen molar-refractivity contribution in [1.29, 1.82) is 0 Å². The highest BCUT2D eigenvalue weighted by atomic mass is 32.2. The number of nitrogens with zero attached hydrogens (tertiary/aromatic N) is 2. The minimum Gasteiger partial charge on any atom is -0.454 e. The SMILES string of the molecule is CCN(Cc1ccc2c(c1)OCO2)C(=O)c1ccc(S(=O)(=O)N2CCCC2)cc1. The first-order valence-electron chi connectivity index (χ1n) is 9.77. The van der Waals surface area contributed by atoms with Crippen molar-refractivity contribution in [3.8, 4) is 11.5 Å². The molecular weight excluding hydrogens is 392 g/mol. The monoisotopic (exact) mass is 416 g/mol. The molecule has 29 heavy (non-hydrogen) atoms. The minimum atomic E-state index is -3.48. The van der Waals surface area contributed by atoms with Crippen molar-refractivity contribution in [3.05, 3.63) is 53.6 Å². The number of carbonyl (C=O) groups is 1. The quantitative estimate of drug-likeness (QED) is 0.724. The molecule has 2 aromatic carbocycles. The standard InChI is InChI=1S/C21H24N2O5S/c1-2-22(14-16-5-10-19-20(13-16)28-15-27-19)21(24)17-6-8-18(9-7-17)29(25,26)23-11-3-4-12-23/h5-10,13H,2-4,11-12,14-15H2,1H3. The van der Waals surface area contributed by atoms with E-state index in [4.69, 9.17) is 9.47 Å². The van der Waals surface area contributed by atoms with Crippen LogP contribution in [0.15, 0.2) is 47.4 Å². The lowest BCUT2D eigenvalue weighted by molar-refractivity contribution is 0.0752. The highest BCUT2D eigenvalue weighted by Crippen LogP contribution is 2.33. The maximum atomic E-state index is 12.9. The normalized spacial score (nSPS) is 16.2. The Morgan fingerprint density at radius 1 is 1.03 bits per heavy atom. The van der Waals surface area contributed by atoms with Crippen LogP contribution in [-0.2, 0) is 16.6 Å². The molecule has 0 spiro atoms. The number of sulfonamides is 1. The fraction of sp³-hybridized carbons (Fsp3) is 0.381. The van der Waals surface area contributed by atoms with Gasteiger partial charge in [0.1, 0.15) is 0 Å². The molecule has 0 aromatic heterocycles. The van der Waals surface area contributed by atoms with Gasteiger partial charge in [-0.05, 0) is 61.7 Å². The number of rotatable bonds is 6. The maximum Gasteiger partial charge on any atom is 0.254 e. The lowest BCUT2D eigenvalue weighted by atomic mass is 10.1. The van der Waals surface area contributed by atoms with E-state index in [1.54, 1.807) is 17.0 Å². The molecule has 2 aromatic rings. The van der Waals surface area contributed by atoms with Crippen LogP contribution in [0, 0.1) is 0 Å². The van der Waals surface area contributed by atoms with Gasteiger partial charge in [0, 0.05) is 31.7 Å². The van der Waals surface area contributed by atoms with Crippen LogP contribution in [0.4, 0.5) is 0 Å². The van der Waals surface area contributed by atoms with Crippen molar-refractivity contribution < 1.29 is 22.7 Å². The highest BCUT2D eigenvalue weighted by Gasteiger charge is 2.27. The molecule has 0 saturated carbocycles. The van der Waals surface area contributed by atoms with E-state index in [2.05, 4.69) is 0 Å². The summed E-state index contributed by atoms with van der Waals surface area (Å²) in [5.74, 6) is 1.25. The summed E-state index contributed by atoms with van der Waals surface area (Å²) >= 11 is 0. The first kappa shape index (κ1) is 19.7. The van der Waals surface area contributed by atoms with Gasteiger partial charge in [0.25, 0.3) is 5.91 Å². The summed E-state index contributed by atoms with van der Waals surface area (Å²) in [6.07, 6.45) is 1.78. The van der Waals surface area contributed by atoms with Gasteiger partial charge in [-0.1, -0.05) is 6.07 Å². The van der Waals surface area contributed by atoms with Gasteiger partial charge >= 0.3 is 0 Å². The van der Waals surface area contributed by atoms with Crippen LogP contribution in [0.3, 0.4) is 0 Å². The zero-order chi connectivity index (χ0) is 20.4. The summed E-state index contributed by atoms with van der Waals surface area (Å²) in [7, 11) is -3.48. The van der Waals surface area contributed by atoms with E-state index in [0.717, 1.165) is 18.4 Å². The van der Waals surface area contributed by atoms with Gasteiger partial charge in [-0.2, -0.15) is 4.31 Å². The zero-order valence-corrected chi connectivity index (χ0v) is 17.2. The van der Waals surface area contributed by atoms with Crippen LogP contribution in [-0.4, -0.2) is 50.0 Å². The predicted octanol–water partition coefficient (Wildman–Crippen LogP) is 2.86. The van der Waals surface area contributed by atoms with Gasteiger partial charge in [-0.3, -0.25) is 4.79 Å². The Labute approximate surface area is 170 Å². The first-order chi connectivity index (χ1) is 14.0. The van der Waals surface area contributed by atoms with E-state index >= 15 is 0 Å². The van der Waals surface area contributed by atoms with Crippen LogP contribution < -0.4 is 9.47 Å². The van der Waals surface area contributed by atoms with E-state index in [0.29, 0.717) is 43.2 Å². The fourth-order valence-corrected chi connectivity index (χ4v) is 5.13. The molecule has 1 fully saturated rings. The lowest BCUT2D eigenvalue weighted by Gasteiger charge is -2.21. The summed E-state index contributed by atoms with van der Waals surface area (Å²) in [6.45, 7) is 4.20. The number of amides is 1. The Balaban J connectivity index is 1.49. The van der Waals surface area contributed by atoms with Crippen molar-refractivity contribution >= 4 is 15.9 Å². The van der Waals surface area contributed by atoms with Gasteiger partial charge in [0.05, 0.1) is 4.90 Å². The molecule has 0 bridgehead atoms. The Morgan fingerprint density at radius 2 is 1.72 bits per heavy atom. The molecule has 2 aliphatic heterocycles. The number of fused-ring (bicyclic) bond motifs is 1. The molecular formula is C21H24N2O5S. The number of benzene rings is 2. The molecule has 154 valence electrons. The van der Waals surface area contributed by atoms with Gasteiger partial charge in [-0.15, -0.1) is 0 Å². The molecule has 0 radical (unpaired) electrons. The minimum absolute atomic E-state index is 0.143. The average Bonchev–Trinajstić information content (AvgIpc) is 3.43. The summed E-state index contributed by atoms with van der Waals surface area (Å²) in [5, 5.41) is 0. The van der Waals surface area contributed by atoms with E-state index < -0.39 is 10.0 Å². The predicted molar refractivity (Wildman–Crippen MR) is 107 cm³/mol. The van der Waals surface area contributed by atoms with Crippen molar-refractivity contribution in [1.82, 2.24) is 9.21 Å². The zero-order valence-electron chi connectivity index (χ0n) is 16.3. The van der Waals surface area contributed by atoms with Crippen LogP contribution in [0.5, 0.6) is 11.5 Å². The summed E-state index contributed by atoms with van der Waals surface area (Å²) in [4.78, 5) is 14.9. The molecule has 1 amide bonds. The van der Waals surface area contributed by atoms with E-state index in [1.165, 1.54) is 16.4 Å². The second-order valence-electron chi connectivity index (χ2n) is 7.14. The molecule has 2 heterocycles. The number of hydrogen-bond donors (Lipinski definition) is 0. The Morgan fingerprint density at radius 3 is 2.41 bits per heavy atom. The fourth-order valence-electron chi connectivity index (χ4n) is 3.62. The van der Waals surface area contributed by atoms with Crippen molar-refractivity contribution in [2.75, 3.05) is 26.4 Å². The van der Waals surface area contributed by atoms with E-state index in [-0.39, 0.29) is 17.6 Å². The van der Waals surface area contributed by atoms with Crippen LogP contribution in [0.2, 0.25) is 0 Å². The molecule has 7 nitrogen and oxygen atoms in total.